The predicted octanol–water partition coefficient (Wildman–Crippen LogP) is 4.51. The molecule has 27 heavy (non-hydrogen) atoms. The highest BCUT2D eigenvalue weighted by molar-refractivity contribution is 5.66. The third-order valence-corrected chi connectivity index (χ3v) is 3.63. The normalized spacial score (nSPS) is 11.3. The summed E-state index contributed by atoms with van der Waals surface area (Å²) in [6, 6.07) is 15.2. The van der Waals surface area contributed by atoms with Crippen LogP contribution in [0.4, 0.5) is 24.7 Å². The first-order valence-corrected chi connectivity index (χ1v) is 8.12. The Labute approximate surface area is 154 Å². The summed E-state index contributed by atoms with van der Waals surface area (Å²) in [4.78, 5) is 8.45. The van der Waals surface area contributed by atoms with Gasteiger partial charge in [0.1, 0.15) is 17.9 Å². The van der Waals surface area contributed by atoms with E-state index in [2.05, 4.69) is 25.3 Å². The number of hydrogen-bond donors (Lipinski definition) is 2. The van der Waals surface area contributed by atoms with E-state index in [-0.39, 0.29) is 5.75 Å². The quantitative estimate of drug-likeness (QED) is 0.665. The lowest BCUT2D eigenvalue weighted by atomic mass is 10.1. The Balaban J connectivity index is 1.75. The fourth-order valence-corrected chi connectivity index (χ4v) is 2.52. The van der Waals surface area contributed by atoms with Gasteiger partial charge in [0, 0.05) is 23.9 Å². The van der Waals surface area contributed by atoms with Crippen LogP contribution in [0, 0.1) is 0 Å². The number of ether oxygens (including phenoxy) is 1. The first-order chi connectivity index (χ1) is 12.9. The standard InChI is InChI=1S/C19H17F3N4O/c1-23-11-13-3-2-4-14(9-13)17-10-18(25-12-24-17)26-15-5-7-16(8-6-15)27-19(20,21)22/h2-10,12,23H,11H2,1H3,(H,24,25,26). The van der Waals surface area contributed by atoms with Gasteiger partial charge in [0.25, 0.3) is 0 Å². The van der Waals surface area contributed by atoms with E-state index in [1.165, 1.54) is 30.6 Å². The average Bonchev–Trinajstić information content (AvgIpc) is 2.63. The zero-order valence-corrected chi connectivity index (χ0v) is 14.4. The second-order valence-electron chi connectivity index (χ2n) is 5.72. The molecule has 0 spiro atoms. The number of rotatable bonds is 6. The highest BCUT2D eigenvalue weighted by Crippen LogP contribution is 2.26. The molecule has 1 heterocycles. The van der Waals surface area contributed by atoms with Crippen molar-refractivity contribution >= 4 is 11.5 Å². The fourth-order valence-electron chi connectivity index (χ4n) is 2.52. The summed E-state index contributed by atoms with van der Waals surface area (Å²) in [6.45, 7) is 0.746. The molecular formula is C19H17F3N4O. The lowest BCUT2D eigenvalue weighted by Gasteiger charge is -2.11. The van der Waals surface area contributed by atoms with Crippen molar-refractivity contribution in [1.29, 1.82) is 0 Å². The van der Waals surface area contributed by atoms with Crippen molar-refractivity contribution in [3.63, 3.8) is 0 Å². The number of nitrogens with one attached hydrogen (secondary N) is 2. The third-order valence-electron chi connectivity index (χ3n) is 3.63. The summed E-state index contributed by atoms with van der Waals surface area (Å²) in [7, 11) is 1.88. The van der Waals surface area contributed by atoms with Crippen molar-refractivity contribution in [3.05, 3.63) is 66.5 Å². The summed E-state index contributed by atoms with van der Waals surface area (Å²) in [5, 5.41) is 6.14. The first-order valence-electron chi connectivity index (χ1n) is 8.12. The van der Waals surface area contributed by atoms with E-state index in [1.807, 2.05) is 31.3 Å². The van der Waals surface area contributed by atoms with Crippen LogP contribution in [0.15, 0.2) is 60.9 Å². The molecule has 3 rings (SSSR count). The number of hydrogen-bond acceptors (Lipinski definition) is 5. The van der Waals surface area contributed by atoms with Crippen molar-refractivity contribution in [3.8, 4) is 17.0 Å². The Kier molecular flexibility index (Phi) is 5.56. The number of nitrogens with zero attached hydrogens (tertiary/aromatic N) is 2. The van der Waals surface area contributed by atoms with Crippen LogP contribution in [0.5, 0.6) is 5.75 Å². The van der Waals surface area contributed by atoms with E-state index >= 15 is 0 Å². The van der Waals surface area contributed by atoms with Crippen LogP contribution in [-0.4, -0.2) is 23.4 Å². The minimum atomic E-state index is -4.71. The Hall–Kier alpha value is -3.13. The van der Waals surface area contributed by atoms with Crippen LogP contribution in [0.3, 0.4) is 0 Å². The minimum Gasteiger partial charge on any atom is -0.406 e. The maximum absolute atomic E-state index is 12.2. The van der Waals surface area contributed by atoms with Gasteiger partial charge in [-0.15, -0.1) is 13.2 Å². The molecule has 0 amide bonds. The molecule has 0 saturated carbocycles. The number of anilines is 2. The van der Waals surface area contributed by atoms with Gasteiger partial charge in [-0.2, -0.15) is 0 Å². The molecule has 5 nitrogen and oxygen atoms in total. The summed E-state index contributed by atoms with van der Waals surface area (Å²) in [6.07, 6.45) is -3.28. The number of benzene rings is 2. The van der Waals surface area contributed by atoms with Gasteiger partial charge in [-0.3, -0.25) is 0 Å². The molecule has 0 aliphatic heterocycles. The molecule has 2 aromatic carbocycles. The molecule has 0 atom stereocenters. The van der Waals surface area contributed by atoms with Crippen molar-refractivity contribution in [2.45, 2.75) is 12.9 Å². The van der Waals surface area contributed by atoms with Crippen LogP contribution in [-0.2, 0) is 6.54 Å². The van der Waals surface area contributed by atoms with Crippen LogP contribution >= 0.6 is 0 Å². The second kappa shape index (κ2) is 8.05. The minimum absolute atomic E-state index is 0.280. The molecule has 0 saturated heterocycles. The van der Waals surface area contributed by atoms with E-state index in [1.54, 1.807) is 6.07 Å². The Morgan fingerprint density at radius 1 is 1.00 bits per heavy atom. The van der Waals surface area contributed by atoms with Gasteiger partial charge in [0.2, 0.25) is 0 Å². The largest absolute Gasteiger partial charge is 0.573 e. The average molecular weight is 374 g/mol. The summed E-state index contributed by atoms with van der Waals surface area (Å²) < 4.78 is 40.5. The number of alkyl halides is 3. The molecule has 0 radical (unpaired) electrons. The maximum atomic E-state index is 12.2. The van der Waals surface area contributed by atoms with Gasteiger partial charge in [0.05, 0.1) is 5.69 Å². The lowest BCUT2D eigenvalue weighted by Crippen LogP contribution is -2.16. The lowest BCUT2D eigenvalue weighted by molar-refractivity contribution is -0.274. The molecule has 140 valence electrons. The molecule has 0 fully saturated rings. The zero-order valence-electron chi connectivity index (χ0n) is 14.4. The van der Waals surface area contributed by atoms with Gasteiger partial charge in [0.15, 0.2) is 0 Å². The summed E-state index contributed by atoms with van der Waals surface area (Å²) in [5.74, 6) is 0.251. The summed E-state index contributed by atoms with van der Waals surface area (Å²) in [5.41, 5.74) is 3.39. The molecule has 1 aromatic heterocycles. The van der Waals surface area contributed by atoms with Gasteiger partial charge < -0.3 is 15.4 Å². The van der Waals surface area contributed by atoms with Crippen LogP contribution < -0.4 is 15.4 Å². The van der Waals surface area contributed by atoms with E-state index in [0.717, 1.165) is 23.4 Å². The zero-order chi connectivity index (χ0) is 19.3. The summed E-state index contributed by atoms with van der Waals surface area (Å²) >= 11 is 0. The molecular weight excluding hydrogens is 357 g/mol. The topological polar surface area (TPSA) is 59.1 Å². The molecule has 0 bridgehead atoms. The van der Waals surface area contributed by atoms with Crippen LogP contribution in [0.2, 0.25) is 0 Å². The van der Waals surface area contributed by atoms with E-state index in [9.17, 15) is 13.2 Å². The van der Waals surface area contributed by atoms with Crippen molar-refractivity contribution in [2.24, 2.45) is 0 Å². The van der Waals surface area contributed by atoms with Crippen LogP contribution in [0.25, 0.3) is 11.3 Å². The number of aromatic nitrogens is 2. The molecule has 0 unspecified atom stereocenters. The SMILES string of the molecule is CNCc1cccc(-c2cc(Nc3ccc(OC(F)(F)F)cc3)ncn2)c1. The molecule has 0 aliphatic carbocycles. The van der Waals surface area contributed by atoms with Gasteiger partial charge >= 0.3 is 6.36 Å². The van der Waals surface area contributed by atoms with Gasteiger partial charge in [-0.1, -0.05) is 18.2 Å². The third kappa shape index (κ3) is 5.42. The van der Waals surface area contributed by atoms with Crippen molar-refractivity contribution < 1.29 is 17.9 Å². The Morgan fingerprint density at radius 2 is 1.78 bits per heavy atom. The highest BCUT2D eigenvalue weighted by Gasteiger charge is 2.30. The van der Waals surface area contributed by atoms with Crippen molar-refractivity contribution in [1.82, 2.24) is 15.3 Å². The Morgan fingerprint density at radius 3 is 2.48 bits per heavy atom. The van der Waals surface area contributed by atoms with Crippen molar-refractivity contribution in [2.75, 3.05) is 12.4 Å². The molecule has 0 aliphatic rings. The molecule has 3 aromatic rings. The van der Waals surface area contributed by atoms with E-state index in [4.69, 9.17) is 0 Å². The van der Waals surface area contributed by atoms with E-state index in [0.29, 0.717) is 11.5 Å². The fraction of sp³-hybridized carbons (Fsp3) is 0.158. The predicted molar refractivity (Wildman–Crippen MR) is 96.6 cm³/mol. The second-order valence-corrected chi connectivity index (χ2v) is 5.72. The van der Waals surface area contributed by atoms with E-state index < -0.39 is 6.36 Å². The smallest absolute Gasteiger partial charge is 0.406 e. The van der Waals surface area contributed by atoms with Gasteiger partial charge in [-0.05, 0) is 42.9 Å². The highest BCUT2D eigenvalue weighted by atomic mass is 19.4. The molecule has 8 heteroatoms. The van der Waals surface area contributed by atoms with Crippen LogP contribution in [0.1, 0.15) is 5.56 Å². The molecule has 2 N–H and O–H groups in total. The number of halogens is 3. The van der Waals surface area contributed by atoms with Gasteiger partial charge in [-0.25, -0.2) is 9.97 Å². The Bertz CT molecular complexity index is 898. The monoisotopic (exact) mass is 374 g/mol. The first kappa shape index (κ1) is 18.7. The maximum Gasteiger partial charge on any atom is 0.573 e.